The summed E-state index contributed by atoms with van der Waals surface area (Å²) in [5, 5.41) is 3.24. The Balaban J connectivity index is 2.24. The molecule has 1 rings (SSSR count). The Morgan fingerprint density at radius 1 is 1.54 bits per heavy atom. The van der Waals surface area contributed by atoms with Crippen molar-refractivity contribution in [1.82, 2.24) is 10.2 Å². The van der Waals surface area contributed by atoms with Crippen LogP contribution >= 0.6 is 0 Å². The number of hydrogen-bond acceptors (Lipinski definition) is 4. The van der Waals surface area contributed by atoms with Crippen LogP contribution in [0.25, 0.3) is 0 Å². The van der Waals surface area contributed by atoms with Crippen molar-refractivity contribution in [2.24, 2.45) is 0 Å². The van der Waals surface area contributed by atoms with Gasteiger partial charge in [0.2, 0.25) is 0 Å². The molecule has 4 nitrogen and oxygen atoms in total. The maximum Gasteiger partial charge on any atom is 0.326 e. The number of ether oxygens (including phenoxy) is 1. The second kappa shape index (κ2) is 4.07. The van der Waals surface area contributed by atoms with E-state index in [2.05, 4.69) is 10.2 Å². The van der Waals surface area contributed by atoms with Crippen molar-refractivity contribution in [3.05, 3.63) is 0 Å². The Bertz CT molecular complexity index is 188. The van der Waals surface area contributed by atoms with Crippen LogP contribution in [0.4, 0.5) is 0 Å². The van der Waals surface area contributed by atoms with Gasteiger partial charge in [0.15, 0.2) is 0 Å². The summed E-state index contributed by atoms with van der Waals surface area (Å²) in [5.41, 5.74) is -0.342. The zero-order valence-corrected chi connectivity index (χ0v) is 8.59. The van der Waals surface area contributed by atoms with Crippen molar-refractivity contribution in [3.63, 3.8) is 0 Å². The number of carbonyl (C=O) groups is 1. The largest absolute Gasteiger partial charge is 0.468 e. The zero-order chi connectivity index (χ0) is 9.90. The van der Waals surface area contributed by atoms with E-state index in [1.165, 1.54) is 7.11 Å². The van der Waals surface area contributed by atoms with E-state index >= 15 is 0 Å². The fourth-order valence-corrected chi connectivity index (χ4v) is 1.29. The molecule has 1 aliphatic carbocycles. The van der Waals surface area contributed by atoms with Crippen LogP contribution in [0.1, 0.15) is 12.8 Å². The molecule has 0 aliphatic heterocycles. The molecule has 0 aromatic carbocycles. The molecular weight excluding hydrogens is 168 g/mol. The first-order chi connectivity index (χ1) is 6.10. The van der Waals surface area contributed by atoms with Gasteiger partial charge in [0.25, 0.3) is 0 Å². The van der Waals surface area contributed by atoms with Gasteiger partial charge in [-0.3, -0.25) is 4.79 Å². The van der Waals surface area contributed by atoms with Crippen molar-refractivity contribution in [2.75, 3.05) is 34.3 Å². The first-order valence-electron chi connectivity index (χ1n) is 4.59. The molecule has 0 saturated heterocycles. The standard InChI is InChI=1S/C9H18N2O2/c1-11(2)7-6-10-9(4-5-9)8(12)13-3/h10H,4-7H2,1-3H3. The lowest BCUT2D eigenvalue weighted by molar-refractivity contribution is -0.144. The summed E-state index contributed by atoms with van der Waals surface area (Å²) in [7, 11) is 5.47. The van der Waals surface area contributed by atoms with Crippen LogP contribution in [0.3, 0.4) is 0 Å². The SMILES string of the molecule is COC(=O)C1(NCCN(C)C)CC1. The van der Waals surface area contributed by atoms with Gasteiger partial charge in [-0.2, -0.15) is 0 Å². The average molecular weight is 186 g/mol. The third kappa shape index (κ3) is 2.67. The summed E-state index contributed by atoms with van der Waals surface area (Å²) >= 11 is 0. The molecule has 13 heavy (non-hydrogen) atoms. The summed E-state index contributed by atoms with van der Waals surface area (Å²) < 4.78 is 4.72. The van der Waals surface area contributed by atoms with Crippen molar-refractivity contribution in [3.8, 4) is 0 Å². The van der Waals surface area contributed by atoms with E-state index in [1.807, 2.05) is 14.1 Å². The van der Waals surface area contributed by atoms with Crippen LogP contribution in [0.2, 0.25) is 0 Å². The second-order valence-electron chi connectivity index (χ2n) is 3.80. The molecule has 0 heterocycles. The fraction of sp³-hybridized carbons (Fsp3) is 0.889. The van der Waals surface area contributed by atoms with Gasteiger partial charge in [0.1, 0.15) is 5.54 Å². The molecule has 1 aliphatic rings. The van der Waals surface area contributed by atoms with Crippen molar-refractivity contribution >= 4 is 5.97 Å². The fourth-order valence-electron chi connectivity index (χ4n) is 1.29. The number of methoxy groups -OCH3 is 1. The molecule has 0 bridgehead atoms. The van der Waals surface area contributed by atoms with E-state index in [0.717, 1.165) is 25.9 Å². The van der Waals surface area contributed by atoms with Crippen molar-refractivity contribution in [2.45, 2.75) is 18.4 Å². The number of esters is 1. The minimum Gasteiger partial charge on any atom is -0.468 e. The van der Waals surface area contributed by atoms with Crippen LogP contribution < -0.4 is 5.32 Å². The van der Waals surface area contributed by atoms with Crippen LogP contribution in [0.15, 0.2) is 0 Å². The predicted molar refractivity (Wildman–Crippen MR) is 50.5 cm³/mol. The van der Waals surface area contributed by atoms with Gasteiger partial charge in [-0.15, -0.1) is 0 Å². The van der Waals surface area contributed by atoms with Gasteiger partial charge in [0.05, 0.1) is 7.11 Å². The second-order valence-corrected chi connectivity index (χ2v) is 3.80. The number of carbonyl (C=O) groups excluding carboxylic acids is 1. The maximum atomic E-state index is 11.3. The topological polar surface area (TPSA) is 41.6 Å². The van der Waals surface area contributed by atoms with E-state index in [4.69, 9.17) is 4.74 Å². The molecule has 0 aromatic rings. The molecule has 1 saturated carbocycles. The third-order valence-corrected chi connectivity index (χ3v) is 2.35. The normalized spacial score (nSPS) is 18.8. The van der Waals surface area contributed by atoms with Crippen molar-refractivity contribution < 1.29 is 9.53 Å². The molecule has 1 fully saturated rings. The lowest BCUT2D eigenvalue weighted by Gasteiger charge is -2.16. The third-order valence-electron chi connectivity index (χ3n) is 2.35. The molecule has 0 unspecified atom stereocenters. The summed E-state index contributed by atoms with van der Waals surface area (Å²) in [5.74, 6) is -0.119. The number of nitrogens with zero attached hydrogens (tertiary/aromatic N) is 1. The first-order valence-corrected chi connectivity index (χ1v) is 4.59. The Labute approximate surface area is 79.2 Å². The number of likely N-dealkylation sites (N-methyl/N-ethyl adjacent to an activating group) is 1. The Hall–Kier alpha value is -0.610. The van der Waals surface area contributed by atoms with E-state index < -0.39 is 0 Å². The lowest BCUT2D eigenvalue weighted by Crippen LogP contribution is -2.43. The van der Waals surface area contributed by atoms with Crippen LogP contribution in [0.5, 0.6) is 0 Å². The van der Waals surface area contributed by atoms with Crippen LogP contribution in [-0.4, -0.2) is 50.7 Å². The first kappa shape index (κ1) is 10.5. The van der Waals surface area contributed by atoms with Gasteiger partial charge in [-0.25, -0.2) is 0 Å². The van der Waals surface area contributed by atoms with Gasteiger partial charge < -0.3 is 15.0 Å². The highest BCUT2D eigenvalue weighted by Gasteiger charge is 2.50. The van der Waals surface area contributed by atoms with Gasteiger partial charge in [-0.1, -0.05) is 0 Å². The monoisotopic (exact) mass is 186 g/mol. The zero-order valence-electron chi connectivity index (χ0n) is 8.59. The number of hydrogen-bond donors (Lipinski definition) is 1. The van der Waals surface area contributed by atoms with E-state index in [9.17, 15) is 4.79 Å². The summed E-state index contributed by atoms with van der Waals surface area (Å²) in [4.78, 5) is 13.4. The molecule has 0 aromatic heterocycles. The molecule has 0 amide bonds. The van der Waals surface area contributed by atoms with Gasteiger partial charge in [0, 0.05) is 13.1 Å². The summed E-state index contributed by atoms with van der Waals surface area (Å²) in [6.45, 7) is 1.78. The minimum absolute atomic E-state index is 0.119. The quantitative estimate of drug-likeness (QED) is 0.606. The molecule has 76 valence electrons. The van der Waals surface area contributed by atoms with Gasteiger partial charge >= 0.3 is 5.97 Å². The Kier molecular flexibility index (Phi) is 3.27. The molecule has 0 atom stereocenters. The average Bonchev–Trinajstić information content (AvgIpc) is 2.84. The van der Waals surface area contributed by atoms with Crippen LogP contribution in [-0.2, 0) is 9.53 Å². The summed E-state index contributed by atoms with van der Waals surface area (Å²) in [6, 6.07) is 0. The predicted octanol–water partition coefficient (Wildman–Crippen LogP) is -0.157. The highest BCUT2D eigenvalue weighted by molar-refractivity contribution is 5.84. The van der Waals surface area contributed by atoms with E-state index in [0.29, 0.717) is 0 Å². The minimum atomic E-state index is -0.342. The smallest absolute Gasteiger partial charge is 0.326 e. The number of rotatable bonds is 5. The number of nitrogens with one attached hydrogen (secondary N) is 1. The highest BCUT2D eigenvalue weighted by atomic mass is 16.5. The Morgan fingerprint density at radius 2 is 2.15 bits per heavy atom. The molecule has 4 heteroatoms. The summed E-state index contributed by atoms with van der Waals surface area (Å²) in [6.07, 6.45) is 1.82. The molecule has 0 radical (unpaired) electrons. The van der Waals surface area contributed by atoms with Crippen LogP contribution in [0, 0.1) is 0 Å². The molecule has 0 spiro atoms. The maximum absolute atomic E-state index is 11.3. The van der Waals surface area contributed by atoms with Crippen molar-refractivity contribution in [1.29, 1.82) is 0 Å². The highest BCUT2D eigenvalue weighted by Crippen LogP contribution is 2.36. The van der Waals surface area contributed by atoms with E-state index in [1.54, 1.807) is 0 Å². The van der Waals surface area contributed by atoms with Gasteiger partial charge in [-0.05, 0) is 26.9 Å². The molecular formula is C9H18N2O2. The Morgan fingerprint density at radius 3 is 2.54 bits per heavy atom. The lowest BCUT2D eigenvalue weighted by atomic mass is 10.3. The molecule has 1 N–H and O–H groups in total. The van der Waals surface area contributed by atoms with E-state index in [-0.39, 0.29) is 11.5 Å².